The summed E-state index contributed by atoms with van der Waals surface area (Å²) in [4.78, 5) is 19.4. The first-order valence-electron chi connectivity index (χ1n) is 11.1. The van der Waals surface area contributed by atoms with Crippen molar-refractivity contribution in [1.29, 1.82) is 0 Å². The Morgan fingerprint density at radius 1 is 0.935 bits per heavy atom. The molecule has 1 aromatic carbocycles. The van der Waals surface area contributed by atoms with E-state index in [-0.39, 0.29) is 10.8 Å². The average molecular weight is 443 g/mol. The van der Waals surface area contributed by atoms with Crippen LogP contribution < -0.4 is 10.2 Å². The first-order chi connectivity index (χ1) is 14.9. The Kier molecular flexibility index (Phi) is 6.57. The van der Waals surface area contributed by atoms with E-state index < -0.39 is 10.0 Å². The molecule has 7 nitrogen and oxygen atoms in total. The van der Waals surface area contributed by atoms with E-state index in [1.807, 2.05) is 13.0 Å². The number of nitrogens with one attached hydrogen (secondary N) is 1. The predicted molar refractivity (Wildman–Crippen MR) is 122 cm³/mol. The number of aryl methyl sites for hydroxylation is 1. The van der Waals surface area contributed by atoms with Crippen molar-refractivity contribution in [3.05, 3.63) is 47.7 Å². The van der Waals surface area contributed by atoms with Crippen molar-refractivity contribution in [2.45, 2.75) is 50.3 Å². The van der Waals surface area contributed by atoms with Crippen molar-refractivity contribution in [3.8, 4) is 0 Å². The van der Waals surface area contributed by atoms with Gasteiger partial charge in [-0.1, -0.05) is 6.42 Å². The Bertz CT molecular complexity index is 1040. The second-order valence-corrected chi connectivity index (χ2v) is 10.3. The van der Waals surface area contributed by atoms with Gasteiger partial charge in [0.1, 0.15) is 10.7 Å². The summed E-state index contributed by atoms with van der Waals surface area (Å²) in [6, 6.07) is 8.68. The first kappa shape index (κ1) is 21.8. The highest BCUT2D eigenvalue weighted by molar-refractivity contribution is 7.89. The summed E-state index contributed by atoms with van der Waals surface area (Å²) in [5, 5.41) is 2.78. The number of amides is 1. The molecule has 2 fully saturated rings. The molecule has 166 valence electrons. The lowest BCUT2D eigenvalue weighted by Gasteiger charge is -2.33. The molecule has 3 heterocycles. The fraction of sp³-hybridized carbons (Fsp3) is 0.478. The Morgan fingerprint density at radius 2 is 1.61 bits per heavy atom. The van der Waals surface area contributed by atoms with E-state index in [1.165, 1.54) is 0 Å². The SMILES string of the molecule is Cc1ccnc(NC(=O)c2ccc(N3CCCCC3)c(S(=O)(=O)N3CCCCC3)c2)c1. The summed E-state index contributed by atoms with van der Waals surface area (Å²) in [6.45, 7) is 4.66. The molecule has 4 rings (SSSR count). The van der Waals surface area contributed by atoms with Gasteiger partial charge < -0.3 is 10.2 Å². The summed E-state index contributed by atoms with van der Waals surface area (Å²) in [5.41, 5.74) is 2.01. The molecule has 0 saturated carbocycles. The van der Waals surface area contributed by atoms with Gasteiger partial charge in [-0.3, -0.25) is 4.79 Å². The van der Waals surface area contributed by atoms with Gasteiger partial charge in [0.2, 0.25) is 10.0 Å². The number of rotatable bonds is 5. The van der Waals surface area contributed by atoms with Crippen LogP contribution in [0.2, 0.25) is 0 Å². The van der Waals surface area contributed by atoms with Gasteiger partial charge in [0.05, 0.1) is 5.69 Å². The molecule has 2 saturated heterocycles. The van der Waals surface area contributed by atoms with Gasteiger partial charge >= 0.3 is 0 Å². The molecular formula is C23H30N4O3S. The molecule has 2 aliphatic heterocycles. The highest BCUT2D eigenvalue weighted by Crippen LogP contribution is 2.32. The van der Waals surface area contributed by atoms with Gasteiger partial charge in [-0.25, -0.2) is 13.4 Å². The maximum atomic E-state index is 13.6. The Labute approximate surface area is 184 Å². The molecule has 0 aliphatic carbocycles. The maximum absolute atomic E-state index is 13.6. The Morgan fingerprint density at radius 3 is 2.29 bits per heavy atom. The number of nitrogens with zero attached hydrogens (tertiary/aromatic N) is 3. The van der Waals surface area contributed by atoms with Gasteiger partial charge in [-0.2, -0.15) is 4.31 Å². The van der Waals surface area contributed by atoms with Crippen LogP contribution >= 0.6 is 0 Å². The molecule has 1 aromatic heterocycles. The van der Waals surface area contributed by atoms with Crippen molar-refractivity contribution >= 4 is 27.4 Å². The lowest BCUT2D eigenvalue weighted by molar-refractivity contribution is 0.102. The number of anilines is 2. The number of hydrogen-bond donors (Lipinski definition) is 1. The van der Waals surface area contributed by atoms with Gasteiger partial charge in [-0.15, -0.1) is 0 Å². The molecule has 2 aromatic rings. The van der Waals surface area contributed by atoms with Crippen LogP contribution in [0.15, 0.2) is 41.4 Å². The van der Waals surface area contributed by atoms with Crippen LogP contribution in [0.3, 0.4) is 0 Å². The molecule has 8 heteroatoms. The third-order valence-electron chi connectivity index (χ3n) is 6.01. The van der Waals surface area contributed by atoms with Crippen molar-refractivity contribution in [3.63, 3.8) is 0 Å². The number of hydrogen-bond acceptors (Lipinski definition) is 5. The average Bonchev–Trinajstić information content (AvgIpc) is 2.80. The summed E-state index contributed by atoms with van der Waals surface area (Å²) in [5.74, 6) is 0.0870. The molecule has 0 atom stereocenters. The van der Waals surface area contributed by atoms with E-state index in [0.717, 1.165) is 57.2 Å². The van der Waals surface area contributed by atoms with Crippen LogP contribution in [0.5, 0.6) is 0 Å². The van der Waals surface area contributed by atoms with Crippen molar-refractivity contribution in [1.82, 2.24) is 9.29 Å². The number of benzene rings is 1. The number of carbonyl (C=O) groups excluding carboxylic acids is 1. The minimum Gasteiger partial charge on any atom is -0.370 e. The van der Waals surface area contributed by atoms with Gasteiger partial charge in [0, 0.05) is 37.9 Å². The second kappa shape index (κ2) is 9.36. The van der Waals surface area contributed by atoms with Crippen molar-refractivity contribution in [2.24, 2.45) is 0 Å². The lowest BCUT2D eigenvalue weighted by atomic mass is 10.1. The third-order valence-corrected chi connectivity index (χ3v) is 7.94. The predicted octanol–water partition coefficient (Wildman–Crippen LogP) is 3.81. The fourth-order valence-electron chi connectivity index (χ4n) is 4.30. The molecule has 1 N–H and O–H groups in total. The van der Waals surface area contributed by atoms with Crippen molar-refractivity contribution < 1.29 is 13.2 Å². The minimum absolute atomic E-state index is 0.237. The Balaban J connectivity index is 1.69. The zero-order valence-electron chi connectivity index (χ0n) is 18.0. The summed E-state index contributed by atoms with van der Waals surface area (Å²) in [7, 11) is -3.68. The summed E-state index contributed by atoms with van der Waals surface area (Å²) < 4.78 is 28.7. The van der Waals surface area contributed by atoms with Gasteiger partial charge in [0.15, 0.2) is 0 Å². The van der Waals surface area contributed by atoms with Crippen molar-refractivity contribution in [2.75, 3.05) is 36.4 Å². The number of aromatic nitrogens is 1. The standard InChI is InChI=1S/C23H30N4O3S/c1-18-10-11-24-22(16-18)25-23(28)19-8-9-20(26-12-4-2-5-13-26)21(17-19)31(29,30)27-14-6-3-7-15-27/h8-11,16-17H,2-7,12-15H2,1H3,(H,24,25,28). The third kappa shape index (κ3) is 4.91. The van der Waals surface area contributed by atoms with Gasteiger partial charge in [0.25, 0.3) is 5.91 Å². The smallest absolute Gasteiger partial charge is 0.256 e. The zero-order valence-corrected chi connectivity index (χ0v) is 18.8. The van der Waals surface area contributed by atoms with E-state index >= 15 is 0 Å². The largest absolute Gasteiger partial charge is 0.370 e. The van der Waals surface area contributed by atoms with Crippen LogP contribution in [0, 0.1) is 6.92 Å². The molecule has 2 aliphatic rings. The number of carbonyl (C=O) groups is 1. The van der Waals surface area contributed by atoms with E-state index in [0.29, 0.717) is 30.2 Å². The summed E-state index contributed by atoms with van der Waals surface area (Å²) >= 11 is 0. The monoisotopic (exact) mass is 442 g/mol. The quantitative estimate of drug-likeness (QED) is 0.761. The normalized spacial score (nSPS) is 18.0. The molecule has 1 amide bonds. The molecule has 0 bridgehead atoms. The van der Waals surface area contributed by atoms with Crippen LogP contribution in [-0.4, -0.2) is 49.8 Å². The fourth-order valence-corrected chi connectivity index (χ4v) is 6.05. The molecule has 0 spiro atoms. The highest BCUT2D eigenvalue weighted by Gasteiger charge is 2.31. The molecule has 0 radical (unpaired) electrons. The van der Waals surface area contributed by atoms with E-state index in [2.05, 4.69) is 15.2 Å². The van der Waals surface area contributed by atoms with Crippen LogP contribution in [-0.2, 0) is 10.0 Å². The van der Waals surface area contributed by atoms with Gasteiger partial charge in [-0.05, 0) is 74.9 Å². The summed E-state index contributed by atoms with van der Waals surface area (Å²) in [6.07, 6.45) is 7.69. The van der Waals surface area contributed by atoms with E-state index in [4.69, 9.17) is 0 Å². The van der Waals surface area contributed by atoms with Crippen LogP contribution in [0.4, 0.5) is 11.5 Å². The minimum atomic E-state index is -3.68. The number of pyridine rings is 1. The van der Waals surface area contributed by atoms with E-state index in [9.17, 15) is 13.2 Å². The number of sulfonamides is 1. The van der Waals surface area contributed by atoms with Crippen LogP contribution in [0.25, 0.3) is 0 Å². The topological polar surface area (TPSA) is 82.6 Å². The second-order valence-electron chi connectivity index (χ2n) is 8.37. The Hall–Kier alpha value is -2.45. The first-order valence-corrected chi connectivity index (χ1v) is 12.5. The lowest BCUT2D eigenvalue weighted by Crippen LogP contribution is -2.37. The van der Waals surface area contributed by atoms with E-state index in [1.54, 1.807) is 34.8 Å². The zero-order chi connectivity index (χ0) is 21.8. The molecule has 31 heavy (non-hydrogen) atoms. The molecular weight excluding hydrogens is 412 g/mol. The van der Waals surface area contributed by atoms with Crippen LogP contribution in [0.1, 0.15) is 54.4 Å². The molecule has 0 unspecified atom stereocenters. The number of piperidine rings is 2. The maximum Gasteiger partial charge on any atom is 0.256 e. The highest BCUT2D eigenvalue weighted by atomic mass is 32.2.